The first kappa shape index (κ1) is 32.6. The third-order valence-corrected chi connectivity index (χ3v) is 8.76. The van der Waals surface area contributed by atoms with E-state index in [2.05, 4.69) is 12.2 Å². The molecule has 4 atom stereocenters. The van der Waals surface area contributed by atoms with E-state index in [0.717, 1.165) is 22.3 Å². The molecule has 2 saturated carbocycles. The maximum atomic E-state index is 14.9. The number of carbonyl (C=O) groups excluding carboxylic acids is 4. The number of hydrogen-bond donors (Lipinski definition) is 0. The summed E-state index contributed by atoms with van der Waals surface area (Å²) in [5.74, 6) is -2.57. The van der Waals surface area contributed by atoms with Crippen molar-refractivity contribution in [3.63, 3.8) is 0 Å². The summed E-state index contributed by atoms with van der Waals surface area (Å²) in [4.78, 5) is 58.5. The van der Waals surface area contributed by atoms with Crippen molar-refractivity contribution in [2.45, 2.75) is 108 Å². The van der Waals surface area contributed by atoms with Crippen LogP contribution in [0.3, 0.4) is 0 Å². The third-order valence-electron chi connectivity index (χ3n) is 8.76. The average molecular weight is 535 g/mol. The zero-order chi connectivity index (χ0) is 29.9. The van der Waals surface area contributed by atoms with Gasteiger partial charge in [0.1, 0.15) is 0 Å². The normalized spacial score (nSPS) is 29.3. The van der Waals surface area contributed by atoms with Gasteiger partial charge in [0.2, 0.25) is 0 Å². The first-order chi connectivity index (χ1) is 18.0. The van der Waals surface area contributed by atoms with Crippen LogP contribution >= 0.6 is 0 Å². The van der Waals surface area contributed by atoms with Crippen LogP contribution in [0, 0.1) is 28.1 Å². The summed E-state index contributed by atoms with van der Waals surface area (Å²) in [6.07, 6.45) is 11.8. The van der Waals surface area contributed by atoms with Crippen LogP contribution in [0.25, 0.3) is 0 Å². The molecule has 2 aliphatic carbocycles. The Morgan fingerprint density at radius 2 is 1.41 bits per heavy atom. The highest BCUT2D eigenvalue weighted by atomic mass is 16.2. The Labute approximate surface area is 236 Å². The van der Waals surface area contributed by atoms with E-state index in [9.17, 15) is 19.2 Å². The fourth-order valence-corrected chi connectivity index (χ4v) is 6.54. The highest BCUT2D eigenvalue weighted by Gasteiger charge is 2.77. The molecule has 0 aliphatic heterocycles. The predicted molar refractivity (Wildman–Crippen MR) is 160 cm³/mol. The second-order valence-corrected chi connectivity index (χ2v) is 13.3. The van der Waals surface area contributed by atoms with Crippen LogP contribution in [0.5, 0.6) is 0 Å². The lowest BCUT2D eigenvalue weighted by Gasteiger charge is -2.61. The maximum Gasteiger partial charge on any atom is 0.188 e. The minimum Gasteiger partial charge on any atom is -0.298 e. The molecule has 0 heterocycles. The summed E-state index contributed by atoms with van der Waals surface area (Å²) >= 11 is 0. The number of ketones is 4. The zero-order valence-corrected chi connectivity index (χ0v) is 26.2. The molecule has 2 aliphatic rings. The van der Waals surface area contributed by atoms with Gasteiger partial charge in [0, 0.05) is 5.92 Å². The van der Waals surface area contributed by atoms with E-state index < -0.39 is 39.5 Å². The molecule has 2 rings (SSSR count). The van der Waals surface area contributed by atoms with Gasteiger partial charge in [-0.25, -0.2) is 0 Å². The Hall–Kier alpha value is -2.62. The van der Waals surface area contributed by atoms with E-state index in [1.54, 1.807) is 26.0 Å². The molecule has 0 saturated heterocycles. The number of fused-ring (bicyclic) bond motifs is 2. The Balaban J connectivity index is 3.10. The monoisotopic (exact) mass is 534 g/mol. The molecule has 214 valence electrons. The topological polar surface area (TPSA) is 68.3 Å². The van der Waals surface area contributed by atoms with E-state index in [1.165, 1.54) is 0 Å². The van der Waals surface area contributed by atoms with Crippen molar-refractivity contribution in [1.29, 1.82) is 0 Å². The quantitative estimate of drug-likeness (QED) is 0.122. The van der Waals surface area contributed by atoms with Gasteiger partial charge >= 0.3 is 0 Å². The van der Waals surface area contributed by atoms with Gasteiger partial charge in [0.25, 0.3) is 0 Å². The van der Waals surface area contributed by atoms with Crippen molar-refractivity contribution in [2.24, 2.45) is 28.1 Å². The summed E-state index contributed by atoms with van der Waals surface area (Å²) in [6, 6.07) is 0. The lowest BCUT2D eigenvalue weighted by atomic mass is 9.37. The van der Waals surface area contributed by atoms with Crippen molar-refractivity contribution in [2.75, 3.05) is 0 Å². The highest BCUT2D eigenvalue weighted by Crippen LogP contribution is 2.66. The number of Topliss-reactive ketones (excluding diaryl/α,β-unsaturated/α-hetero) is 4. The minimum atomic E-state index is -1.90. The maximum absolute atomic E-state index is 14.9. The van der Waals surface area contributed by atoms with Crippen LogP contribution in [-0.2, 0) is 19.2 Å². The zero-order valence-electron chi connectivity index (χ0n) is 26.2. The summed E-state index contributed by atoms with van der Waals surface area (Å²) in [6.45, 7) is 21.3. The van der Waals surface area contributed by atoms with Crippen molar-refractivity contribution >= 4 is 23.1 Å². The van der Waals surface area contributed by atoms with Crippen molar-refractivity contribution in [3.8, 4) is 0 Å². The van der Waals surface area contributed by atoms with Crippen LogP contribution in [-0.4, -0.2) is 23.1 Å². The molecule has 0 aromatic carbocycles. The lowest BCUT2D eigenvalue weighted by molar-refractivity contribution is -0.182. The van der Waals surface area contributed by atoms with Gasteiger partial charge in [0.05, 0.1) is 11.0 Å². The lowest BCUT2D eigenvalue weighted by Crippen LogP contribution is -2.73. The van der Waals surface area contributed by atoms with Gasteiger partial charge in [-0.3, -0.25) is 19.2 Å². The van der Waals surface area contributed by atoms with Gasteiger partial charge in [0.15, 0.2) is 28.5 Å². The first-order valence-corrected chi connectivity index (χ1v) is 14.4. The molecule has 0 amide bonds. The molecule has 2 fully saturated rings. The molecule has 0 unspecified atom stereocenters. The molecule has 2 bridgehead atoms. The van der Waals surface area contributed by atoms with Crippen LogP contribution in [0.15, 0.2) is 58.2 Å². The highest BCUT2D eigenvalue weighted by molar-refractivity contribution is 6.46. The van der Waals surface area contributed by atoms with Crippen LogP contribution in [0.4, 0.5) is 0 Å². The fourth-order valence-electron chi connectivity index (χ4n) is 6.54. The summed E-state index contributed by atoms with van der Waals surface area (Å²) in [5, 5.41) is 0. The predicted octanol–water partition coefficient (Wildman–Crippen LogP) is 8.28. The molecular weight excluding hydrogens is 484 g/mol. The van der Waals surface area contributed by atoms with Crippen molar-refractivity contribution < 1.29 is 19.2 Å². The molecule has 0 aromatic rings. The van der Waals surface area contributed by atoms with Gasteiger partial charge in [-0.15, -0.1) is 0 Å². The summed E-state index contributed by atoms with van der Waals surface area (Å²) in [7, 11) is 0. The Morgan fingerprint density at radius 1 is 0.846 bits per heavy atom. The Bertz CT molecular complexity index is 1170. The molecular formula is C35H50O4. The van der Waals surface area contributed by atoms with Gasteiger partial charge < -0.3 is 0 Å². The largest absolute Gasteiger partial charge is 0.298 e. The number of allylic oxidation sites excluding steroid dienone is 10. The van der Waals surface area contributed by atoms with Crippen molar-refractivity contribution in [3.05, 3.63) is 58.2 Å². The number of hydrogen-bond acceptors (Lipinski definition) is 4. The second kappa shape index (κ2) is 12.3. The van der Waals surface area contributed by atoms with Gasteiger partial charge in [-0.05, 0) is 105 Å². The minimum absolute atomic E-state index is 0.000981. The number of rotatable bonds is 10. The van der Waals surface area contributed by atoms with E-state index in [-0.39, 0.29) is 23.7 Å². The van der Waals surface area contributed by atoms with Gasteiger partial charge in [-0.1, -0.05) is 67.4 Å². The average Bonchev–Trinajstić information content (AvgIpc) is 2.81. The van der Waals surface area contributed by atoms with E-state index in [4.69, 9.17) is 0 Å². The smallest absolute Gasteiger partial charge is 0.188 e. The molecule has 4 nitrogen and oxygen atoms in total. The molecule has 0 radical (unpaired) electrons. The molecule has 0 N–H and O–H groups in total. The van der Waals surface area contributed by atoms with Crippen LogP contribution in [0.1, 0.15) is 108 Å². The van der Waals surface area contributed by atoms with E-state index in [1.807, 2.05) is 68.4 Å². The molecule has 0 aromatic heterocycles. The van der Waals surface area contributed by atoms with Gasteiger partial charge in [-0.2, -0.15) is 0 Å². The molecule has 0 spiro atoms. The summed E-state index contributed by atoms with van der Waals surface area (Å²) in [5.41, 5.74) is -0.0741. The first-order valence-electron chi connectivity index (χ1n) is 14.4. The Morgan fingerprint density at radius 3 is 1.90 bits per heavy atom. The standard InChI is InChI=1S/C35H50O4/c1-22(2)13-12-19-33(11)27(16-14-23(3)4)21-34(20-18-25(7)8)30(37)28(17-15-24(5)6)31(38)35(33,32(34)39)29(36)26(9)10/h13-15,17-18,26-27H,12,16,19-21H2,1-11H3/b28-17+/t27-,33+,34+,35+/m0/s1. The third kappa shape index (κ3) is 5.81. The summed E-state index contributed by atoms with van der Waals surface area (Å²) < 4.78 is 0. The van der Waals surface area contributed by atoms with Crippen LogP contribution in [0.2, 0.25) is 0 Å². The number of carbonyl (C=O) groups is 4. The molecule has 39 heavy (non-hydrogen) atoms. The van der Waals surface area contributed by atoms with Crippen LogP contribution < -0.4 is 0 Å². The van der Waals surface area contributed by atoms with Crippen molar-refractivity contribution in [1.82, 2.24) is 0 Å². The molecule has 4 heteroatoms. The van der Waals surface area contributed by atoms with E-state index in [0.29, 0.717) is 25.7 Å². The fraction of sp³-hybridized carbons (Fsp3) is 0.600. The Kier molecular flexibility index (Phi) is 10.3. The SMILES string of the molecule is CC(C)=C/C=C1\C(=O)[C@@]2(CC=C(C)C)C[C@H](CC=C(C)C)[C@@](C)(CCC=C(C)C)[C@](C(=O)C(C)C)(C1=O)C2=O. The van der Waals surface area contributed by atoms with E-state index >= 15 is 0 Å². The second-order valence-electron chi connectivity index (χ2n) is 13.3.